The number of ether oxygens (including phenoxy) is 1. The summed E-state index contributed by atoms with van der Waals surface area (Å²) in [6.45, 7) is 0.458. The molecule has 2 atom stereocenters. The highest BCUT2D eigenvalue weighted by Crippen LogP contribution is 2.45. The van der Waals surface area contributed by atoms with Gasteiger partial charge in [0.1, 0.15) is 5.75 Å². The van der Waals surface area contributed by atoms with Crippen LogP contribution in [0.25, 0.3) is 0 Å². The molecule has 1 fully saturated rings. The van der Waals surface area contributed by atoms with Gasteiger partial charge in [0.2, 0.25) is 0 Å². The van der Waals surface area contributed by atoms with Crippen LogP contribution in [0.15, 0.2) is 24.3 Å². The zero-order valence-electron chi connectivity index (χ0n) is 11.2. The van der Waals surface area contributed by atoms with E-state index in [9.17, 15) is 13.5 Å². The molecule has 2 aliphatic heterocycles. The molecule has 1 aromatic rings. The number of aliphatic hydroxyl groups is 1. The molecule has 0 aliphatic carbocycles. The van der Waals surface area contributed by atoms with Crippen molar-refractivity contribution >= 4 is 9.84 Å². The molecule has 3 rings (SSSR count). The van der Waals surface area contributed by atoms with Crippen LogP contribution in [0.2, 0.25) is 0 Å². The maximum Gasteiger partial charge on any atom is 0.153 e. The quantitative estimate of drug-likeness (QED) is 0.809. The molecular formula is C14H19NO4S. The molecule has 0 aromatic heterocycles. The second-order valence-corrected chi connectivity index (χ2v) is 8.12. The molecule has 0 saturated carbocycles. The molecule has 2 unspecified atom stereocenters. The van der Waals surface area contributed by atoms with Crippen LogP contribution >= 0.6 is 0 Å². The van der Waals surface area contributed by atoms with Crippen molar-refractivity contribution in [3.8, 4) is 5.75 Å². The van der Waals surface area contributed by atoms with Crippen LogP contribution in [0.5, 0.6) is 5.75 Å². The van der Waals surface area contributed by atoms with Crippen molar-refractivity contribution in [1.29, 1.82) is 0 Å². The van der Waals surface area contributed by atoms with Gasteiger partial charge in [-0.1, -0.05) is 18.2 Å². The van der Waals surface area contributed by atoms with Crippen molar-refractivity contribution in [2.75, 3.05) is 24.7 Å². The first-order valence-corrected chi connectivity index (χ1v) is 8.56. The normalized spacial score (nSPS) is 35.3. The fraction of sp³-hybridized carbons (Fsp3) is 0.571. The van der Waals surface area contributed by atoms with E-state index < -0.39 is 20.9 Å². The maximum absolute atomic E-state index is 11.8. The van der Waals surface area contributed by atoms with Gasteiger partial charge in [0.15, 0.2) is 9.84 Å². The molecule has 1 aromatic carbocycles. The van der Waals surface area contributed by atoms with E-state index in [0.717, 1.165) is 11.3 Å². The van der Waals surface area contributed by atoms with Crippen LogP contribution in [0.1, 0.15) is 12.0 Å². The lowest BCUT2D eigenvalue weighted by Gasteiger charge is -2.46. The van der Waals surface area contributed by atoms with Gasteiger partial charge in [-0.05, 0) is 24.5 Å². The average molecular weight is 297 g/mol. The number of nitrogens with two attached hydrogens (primary N) is 1. The average Bonchev–Trinajstić information content (AvgIpc) is 2.73. The van der Waals surface area contributed by atoms with Crippen LogP contribution in [0.4, 0.5) is 0 Å². The van der Waals surface area contributed by atoms with E-state index in [1.165, 1.54) is 0 Å². The van der Waals surface area contributed by atoms with Gasteiger partial charge in [-0.2, -0.15) is 0 Å². The summed E-state index contributed by atoms with van der Waals surface area (Å²) in [7, 11) is -3.19. The third-order valence-corrected chi connectivity index (χ3v) is 6.41. The number of para-hydroxylation sites is 1. The monoisotopic (exact) mass is 297 g/mol. The summed E-state index contributed by atoms with van der Waals surface area (Å²) < 4.78 is 29.2. The fourth-order valence-electron chi connectivity index (χ4n) is 3.29. The smallest absolute Gasteiger partial charge is 0.153 e. The predicted octanol–water partition coefficient (Wildman–Crippen LogP) is 0.116. The minimum Gasteiger partial charge on any atom is -0.493 e. The van der Waals surface area contributed by atoms with E-state index in [1.807, 2.05) is 24.3 Å². The van der Waals surface area contributed by atoms with Crippen molar-refractivity contribution < 1.29 is 18.3 Å². The Bertz CT molecular complexity index is 630. The van der Waals surface area contributed by atoms with Crippen molar-refractivity contribution in [2.45, 2.75) is 18.4 Å². The Balaban J connectivity index is 1.98. The number of sulfone groups is 1. The summed E-state index contributed by atoms with van der Waals surface area (Å²) in [4.78, 5) is 0. The Kier molecular flexibility index (Phi) is 3.08. The van der Waals surface area contributed by atoms with Gasteiger partial charge >= 0.3 is 0 Å². The zero-order valence-corrected chi connectivity index (χ0v) is 12.0. The van der Waals surface area contributed by atoms with Crippen LogP contribution < -0.4 is 10.5 Å². The molecule has 3 N–H and O–H groups in total. The van der Waals surface area contributed by atoms with E-state index >= 15 is 0 Å². The number of hydrogen-bond donors (Lipinski definition) is 2. The molecule has 6 heteroatoms. The lowest BCUT2D eigenvalue weighted by atomic mass is 9.67. The third-order valence-electron chi connectivity index (χ3n) is 4.67. The Morgan fingerprint density at radius 3 is 2.75 bits per heavy atom. The first-order valence-electron chi connectivity index (χ1n) is 6.73. The van der Waals surface area contributed by atoms with Gasteiger partial charge < -0.3 is 15.6 Å². The molecule has 110 valence electrons. The topological polar surface area (TPSA) is 89.6 Å². The zero-order chi connectivity index (χ0) is 14.4. The van der Waals surface area contributed by atoms with Gasteiger partial charge in [-0.15, -0.1) is 0 Å². The third kappa shape index (κ3) is 2.03. The Labute approximate surface area is 118 Å². The fourth-order valence-corrected chi connectivity index (χ4v) is 5.26. The van der Waals surface area contributed by atoms with E-state index in [2.05, 4.69) is 0 Å². The molecule has 1 saturated heterocycles. The second-order valence-electron chi connectivity index (χ2n) is 5.93. The molecule has 0 amide bonds. The number of hydrogen-bond acceptors (Lipinski definition) is 5. The first kappa shape index (κ1) is 13.9. The Hall–Kier alpha value is -1.11. The van der Waals surface area contributed by atoms with Crippen molar-refractivity contribution in [3.63, 3.8) is 0 Å². The molecule has 5 nitrogen and oxygen atoms in total. The molecule has 2 aliphatic rings. The van der Waals surface area contributed by atoms with Crippen LogP contribution in [0.3, 0.4) is 0 Å². The largest absolute Gasteiger partial charge is 0.493 e. The SMILES string of the molecule is NCC1(C2(O)CCS(=O)(=O)C2)COc2ccccc2C1. The van der Waals surface area contributed by atoms with Gasteiger partial charge in [-0.3, -0.25) is 0 Å². The van der Waals surface area contributed by atoms with E-state index in [4.69, 9.17) is 10.5 Å². The molecule has 0 spiro atoms. The van der Waals surface area contributed by atoms with E-state index in [-0.39, 0.29) is 31.1 Å². The van der Waals surface area contributed by atoms with Gasteiger partial charge in [0.25, 0.3) is 0 Å². The van der Waals surface area contributed by atoms with Crippen LogP contribution in [-0.4, -0.2) is 43.8 Å². The summed E-state index contributed by atoms with van der Waals surface area (Å²) in [5.41, 5.74) is 4.86. The predicted molar refractivity (Wildman–Crippen MR) is 75.3 cm³/mol. The molecule has 20 heavy (non-hydrogen) atoms. The summed E-state index contributed by atoms with van der Waals surface area (Å²) in [6, 6.07) is 7.62. The van der Waals surface area contributed by atoms with Crippen LogP contribution in [0, 0.1) is 5.41 Å². The van der Waals surface area contributed by atoms with Crippen molar-refractivity contribution in [3.05, 3.63) is 29.8 Å². The van der Waals surface area contributed by atoms with E-state index in [0.29, 0.717) is 6.42 Å². The highest BCUT2D eigenvalue weighted by molar-refractivity contribution is 7.91. The molecule has 0 radical (unpaired) electrons. The molecule has 2 heterocycles. The van der Waals surface area contributed by atoms with E-state index in [1.54, 1.807) is 0 Å². The molecule has 0 bridgehead atoms. The standard InChI is InChI=1S/C14H19NO4S/c15-8-13(14(16)5-6-20(17,18)10-14)7-11-3-1-2-4-12(11)19-9-13/h1-4,16H,5-10,15H2. The first-order chi connectivity index (χ1) is 9.40. The van der Waals surface area contributed by atoms with Crippen LogP contribution in [-0.2, 0) is 16.3 Å². The summed E-state index contributed by atoms with van der Waals surface area (Å²) >= 11 is 0. The lowest BCUT2D eigenvalue weighted by molar-refractivity contribution is -0.0881. The maximum atomic E-state index is 11.8. The van der Waals surface area contributed by atoms with Gasteiger partial charge in [-0.25, -0.2) is 8.42 Å². The van der Waals surface area contributed by atoms with Crippen molar-refractivity contribution in [2.24, 2.45) is 11.1 Å². The van der Waals surface area contributed by atoms with Gasteiger partial charge in [0.05, 0.1) is 29.1 Å². The highest BCUT2D eigenvalue weighted by Gasteiger charge is 2.57. The Morgan fingerprint density at radius 1 is 1.35 bits per heavy atom. The Morgan fingerprint density at radius 2 is 2.10 bits per heavy atom. The van der Waals surface area contributed by atoms with Gasteiger partial charge in [0, 0.05) is 6.54 Å². The summed E-state index contributed by atoms with van der Waals surface area (Å²) in [6.07, 6.45) is 0.782. The minimum atomic E-state index is -3.19. The number of rotatable bonds is 2. The highest BCUT2D eigenvalue weighted by atomic mass is 32.2. The number of fused-ring (bicyclic) bond motifs is 1. The minimum absolute atomic E-state index is 0.0207. The second kappa shape index (κ2) is 4.44. The van der Waals surface area contributed by atoms with Crippen molar-refractivity contribution in [1.82, 2.24) is 0 Å². The number of benzene rings is 1. The molecular weight excluding hydrogens is 278 g/mol. The lowest BCUT2D eigenvalue weighted by Crippen LogP contribution is -2.59. The summed E-state index contributed by atoms with van der Waals surface area (Å²) in [5.74, 6) is 0.594. The summed E-state index contributed by atoms with van der Waals surface area (Å²) in [5, 5.41) is 10.9.